The Morgan fingerprint density at radius 2 is 2.05 bits per heavy atom. The zero-order valence-corrected chi connectivity index (χ0v) is 12.1. The summed E-state index contributed by atoms with van der Waals surface area (Å²) in [7, 11) is 0. The van der Waals surface area contributed by atoms with Crippen molar-refractivity contribution in [2.75, 3.05) is 19.6 Å². The Morgan fingerprint density at radius 3 is 2.50 bits per heavy atom. The fourth-order valence-corrected chi connectivity index (χ4v) is 2.73. The molecule has 1 aliphatic rings. The number of carbonyl (C=O) groups is 1. The lowest BCUT2D eigenvalue weighted by Gasteiger charge is -2.39. The van der Waals surface area contributed by atoms with Crippen molar-refractivity contribution in [1.82, 2.24) is 10.2 Å². The molecule has 1 saturated heterocycles. The lowest BCUT2D eigenvalue weighted by molar-refractivity contribution is -0.187. The fourth-order valence-electron chi connectivity index (χ4n) is 2.73. The summed E-state index contributed by atoms with van der Waals surface area (Å²) in [4.78, 5) is 13.0. The molecule has 0 radical (unpaired) electrons. The van der Waals surface area contributed by atoms with Crippen molar-refractivity contribution in [3.63, 3.8) is 0 Å². The van der Waals surface area contributed by atoms with Gasteiger partial charge in [-0.05, 0) is 40.2 Å². The minimum atomic E-state index is -4.20. The van der Waals surface area contributed by atoms with Gasteiger partial charge in [0.25, 0.3) is 0 Å². The van der Waals surface area contributed by atoms with Crippen LogP contribution in [0.1, 0.15) is 33.6 Å². The molecule has 0 saturated carbocycles. The van der Waals surface area contributed by atoms with Crippen molar-refractivity contribution >= 4 is 5.97 Å². The second kappa shape index (κ2) is 6.30. The molecule has 118 valence electrons. The van der Waals surface area contributed by atoms with Crippen LogP contribution in [0.5, 0.6) is 0 Å². The second-order valence-electron chi connectivity index (χ2n) is 6.05. The maximum atomic E-state index is 12.8. The number of halogens is 3. The van der Waals surface area contributed by atoms with E-state index in [1.165, 1.54) is 6.92 Å². The molecule has 0 bridgehead atoms. The number of hydrogen-bond acceptors (Lipinski definition) is 3. The number of nitrogens with one attached hydrogen (secondary N) is 1. The van der Waals surface area contributed by atoms with Crippen LogP contribution in [0.2, 0.25) is 0 Å². The summed E-state index contributed by atoms with van der Waals surface area (Å²) in [5.74, 6) is -2.39. The summed E-state index contributed by atoms with van der Waals surface area (Å²) < 4.78 is 38.3. The molecule has 0 aliphatic carbocycles. The molecule has 1 heterocycles. The van der Waals surface area contributed by atoms with Crippen molar-refractivity contribution in [3.8, 4) is 0 Å². The molecule has 2 N–H and O–H groups in total. The minimum absolute atomic E-state index is 0.0562. The maximum absolute atomic E-state index is 12.8. The van der Waals surface area contributed by atoms with Gasteiger partial charge < -0.3 is 10.0 Å². The normalized spacial score (nSPS) is 24.6. The monoisotopic (exact) mass is 296 g/mol. The first-order valence-corrected chi connectivity index (χ1v) is 6.85. The van der Waals surface area contributed by atoms with Gasteiger partial charge in [-0.3, -0.25) is 10.1 Å². The molecule has 7 heteroatoms. The van der Waals surface area contributed by atoms with Crippen molar-refractivity contribution in [2.24, 2.45) is 5.92 Å². The summed E-state index contributed by atoms with van der Waals surface area (Å²) in [6, 6.07) is -0.0562. The third-order valence-electron chi connectivity index (χ3n) is 3.59. The van der Waals surface area contributed by atoms with E-state index in [-0.39, 0.29) is 25.6 Å². The molecule has 4 nitrogen and oxygen atoms in total. The molecule has 0 aromatic carbocycles. The highest BCUT2D eigenvalue weighted by Gasteiger charge is 2.44. The molecule has 20 heavy (non-hydrogen) atoms. The zero-order chi connectivity index (χ0) is 15.6. The number of alkyl halides is 3. The van der Waals surface area contributed by atoms with Crippen LogP contribution < -0.4 is 5.32 Å². The van der Waals surface area contributed by atoms with Gasteiger partial charge in [0.2, 0.25) is 0 Å². The van der Waals surface area contributed by atoms with Crippen LogP contribution in [0.25, 0.3) is 0 Å². The molecule has 1 fully saturated rings. The van der Waals surface area contributed by atoms with Crippen LogP contribution in [0, 0.1) is 5.92 Å². The van der Waals surface area contributed by atoms with Crippen molar-refractivity contribution in [2.45, 2.75) is 51.4 Å². The number of aliphatic carboxylic acids is 1. The molecular weight excluding hydrogens is 273 g/mol. The predicted molar refractivity (Wildman–Crippen MR) is 69.5 cm³/mol. The summed E-state index contributed by atoms with van der Waals surface area (Å²) in [5, 5.41) is 12.3. The smallest absolute Gasteiger partial charge is 0.393 e. The number of carboxylic acid groups (broad SMARTS) is 1. The number of hydrogen-bond donors (Lipinski definition) is 2. The van der Waals surface area contributed by atoms with Crippen LogP contribution in [0.15, 0.2) is 0 Å². The molecule has 1 aliphatic heterocycles. The summed E-state index contributed by atoms with van der Waals surface area (Å²) in [6.45, 7) is 5.62. The second-order valence-corrected chi connectivity index (χ2v) is 6.05. The topological polar surface area (TPSA) is 52.6 Å². The van der Waals surface area contributed by atoms with Gasteiger partial charge in [0.05, 0.1) is 5.92 Å². The van der Waals surface area contributed by atoms with Gasteiger partial charge in [-0.2, -0.15) is 13.2 Å². The van der Waals surface area contributed by atoms with Crippen molar-refractivity contribution in [1.29, 1.82) is 0 Å². The van der Waals surface area contributed by atoms with Gasteiger partial charge in [0, 0.05) is 19.1 Å². The molecular formula is C13H23F3N2O2. The van der Waals surface area contributed by atoms with E-state index in [9.17, 15) is 23.1 Å². The first-order valence-electron chi connectivity index (χ1n) is 6.85. The highest BCUT2D eigenvalue weighted by atomic mass is 19.4. The zero-order valence-electron chi connectivity index (χ0n) is 12.1. The summed E-state index contributed by atoms with van der Waals surface area (Å²) >= 11 is 0. The molecule has 2 unspecified atom stereocenters. The number of carboxylic acids is 1. The maximum Gasteiger partial charge on any atom is 0.393 e. The summed E-state index contributed by atoms with van der Waals surface area (Å²) in [5.41, 5.74) is -1.23. The van der Waals surface area contributed by atoms with Gasteiger partial charge in [0.15, 0.2) is 0 Å². The Bertz CT molecular complexity index is 347. The van der Waals surface area contributed by atoms with Crippen molar-refractivity contribution in [3.05, 3.63) is 0 Å². The third kappa shape index (κ3) is 4.63. The third-order valence-corrected chi connectivity index (χ3v) is 3.59. The molecule has 2 atom stereocenters. The van der Waals surface area contributed by atoms with Crippen molar-refractivity contribution < 1.29 is 23.1 Å². The Hall–Kier alpha value is -0.820. The van der Waals surface area contributed by atoms with E-state index in [0.29, 0.717) is 13.0 Å². The van der Waals surface area contributed by atoms with Crippen LogP contribution in [0.4, 0.5) is 13.2 Å². The van der Waals surface area contributed by atoms with E-state index in [2.05, 4.69) is 5.32 Å². The standard InChI is InChI=1S/C13H23F3N2O2/c1-9(2)17-12(3,11(19)20)8-18-6-4-5-10(7-18)13(14,15)16/h9-10,17H,4-8H2,1-3H3,(H,19,20). The van der Waals surface area contributed by atoms with Crippen LogP contribution in [0.3, 0.4) is 0 Å². The Morgan fingerprint density at radius 1 is 1.45 bits per heavy atom. The lowest BCUT2D eigenvalue weighted by Crippen LogP contribution is -2.60. The van der Waals surface area contributed by atoms with Gasteiger partial charge >= 0.3 is 12.1 Å². The van der Waals surface area contributed by atoms with E-state index in [0.717, 1.165) is 0 Å². The Kier molecular flexibility index (Phi) is 5.43. The van der Waals surface area contributed by atoms with Gasteiger partial charge in [-0.15, -0.1) is 0 Å². The fraction of sp³-hybridized carbons (Fsp3) is 0.923. The molecule has 0 aromatic heterocycles. The largest absolute Gasteiger partial charge is 0.480 e. The van der Waals surface area contributed by atoms with E-state index in [1.807, 2.05) is 13.8 Å². The lowest BCUT2D eigenvalue weighted by atomic mass is 9.94. The molecule has 0 amide bonds. The number of rotatable bonds is 5. The van der Waals surface area contributed by atoms with E-state index < -0.39 is 23.6 Å². The van der Waals surface area contributed by atoms with Gasteiger partial charge in [0.1, 0.15) is 5.54 Å². The average Bonchev–Trinajstić information content (AvgIpc) is 2.26. The number of likely N-dealkylation sites (tertiary alicyclic amines) is 1. The van der Waals surface area contributed by atoms with Gasteiger partial charge in [-0.1, -0.05) is 0 Å². The SMILES string of the molecule is CC(C)NC(C)(CN1CCCC(C(F)(F)F)C1)C(=O)O. The first-order chi connectivity index (χ1) is 9.04. The first kappa shape index (κ1) is 17.2. The number of nitrogens with zero attached hydrogens (tertiary/aromatic N) is 1. The Balaban J connectivity index is 2.72. The van der Waals surface area contributed by atoms with Crippen LogP contribution in [-0.4, -0.2) is 53.4 Å². The van der Waals surface area contributed by atoms with Gasteiger partial charge in [-0.25, -0.2) is 0 Å². The Labute approximate surface area is 117 Å². The number of piperidine rings is 1. The predicted octanol–water partition coefficient (Wildman–Crippen LogP) is 2.10. The summed E-state index contributed by atoms with van der Waals surface area (Å²) in [6.07, 6.45) is -3.63. The van der Waals surface area contributed by atoms with E-state index in [1.54, 1.807) is 4.90 Å². The van der Waals surface area contributed by atoms with E-state index >= 15 is 0 Å². The highest BCUT2D eigenvalue weighted by Crippen LogP contribution is 2.33. The van der Waals surface area contributed by atoms with Crippen LogP contribution >= 0.6 is 0 Å². The molecule has 1 rings (SSSR count). The average molecular weight is 296 g/mol. The highest BCUT2D eigenvalue weighted by molar-refractivity contribution is 5.78. The quantitative estimate of drug-likeness (QED) is 0.816. The molecule has 0 spiro atoms. The van der Waals surface area contributed by atoms with Crippen LogP contribution in [-0.2, 0) is 4.79 Å². The molecule has 0 aromatic rings. The van der Waals surface area contributed by atoms with E-state index in [4.69, 9.17) is 0 Å². The minimum Gasteiger partial charge on any atom is -0.480 e.